The third-order valence-corrected chi connectivity index (χ3v) is 3.68. The first-order valence-corrected chi connectivity index (χ1v) is 6.83. The van der Waals surface area contributed by atoms with Crippen molar-refractivity contribution >= 4 is 48.9 Å². The predicted molar refractivity (Wildman–Crippen MR) is 80.7 cm³/mol. The first-order chi connectivity index (χ1) is 8.47. The lowest BCUT2D eigenvalue weighted by molar-refractivity contribution is 0.619. The zero-order chi connectivity index (χ0) is 13.3. The second kappa shape index (κ2) is 5.28. The van der Waals surface area contributed by atoms with Gasteiger partial charge in [-0.1, -0.05) is 15.9 Å². The summed E-state index contributed by atoms with van der Waals surface area (Å²) >= 11 is 6.84. The molecule has 0 heterocycles. The summed E-state index contributed by atoms with van der Waals surface area (Å²) in [4.78, 5) is 0. The van der Waals surface area contributed by atoms with Crippen molar-refractivity contribution in [3.8, 4) is 0 Å². The van der Waals surface area contributed by atoms with Crippen LogP contribution in [0.3, 0.4) is 0 Å². The molecule has 18 heavy (non-hydrogen) atoms. The minimum absolute atomic E-state index is 0.298. The molecule has 0 saturated carbocycles. The summed E-state index contributed by atoms with van der Waals surface area (Å²) in [6.07, 6.45) is 0. The smallest absolute Gasteiger partial charge is 0.128 e. The van der Waals surface area contributed by atoms with Gasteiger partial charge in [0.25, 0.3) is 0 Å². The minimum atomic E-state index is -0.298. The van der Waals surface area contributed by atoms with E-state index >= 15 is 0 Å². The largest absolute Gasteiger partial charge is 0.397 e. The SMILES string of the molecule is Cc1cc(Nc2ccc(Br)cc2Br)c(N)cc1F. The topological polar surface area (TPSA) is 38.0 Å². The van der Waals surface area contributed by atoms with Crippen LogP contribution in [0.25, 0.3) is 0 Å². The fourth-order valence-corrected chi connectivity index (χ4v) is 2.69. The van der Waals surface area contributed by atoms with E-state index in [1.165, 1.54) is 6.07 Å². The fraction of sp³-hybridized carbons (Fsp3) is 0.0769. The summed E-state index contributed by atoms with van der Waals surface area (Å²) < 4.78 is 15.2. The zero-order valence-corrected chi connectivity index (χ0v) is 12.8. The molecule has 2 nitrogen and oxygen atoms in total. The Balaban J connectivity index is 2.37. The highest BCUT2D eigenvalue weighted by molar-refractivity contribution is 9.11. The van der Waals surface area contributed by atoms with E-state index in [1.807, 2.05) is 18.2 Å². The molecule has 0 unspecified atom stereocenters. The normalized spacial score (nSPS) is 10.4. The van der Waals surface area contributed by atoms with Crippen LogP contribution < -0.4 is 11.1 Å². The van der Waals surface area contributed by atoms with Gasteiger partial charge in [0.15, 0.2) is 0 Å². The van der Waals surface area contributed by atoms with Crippen molar-refractivity contribution in [2.75, 3.05) is 11.1 Å². The van der Waals surface area contributed by atoms with E-state index in [2.05, 4.69) is 37.2 Å². The first-order valence-electron chi connectivity index (χ1n) is 5.25. The molecule has 0 radical (unpaired) electrons. The molecule has 0 aliphatic carbocycles. The maximum Gasteiger partial charge on any atom is 0.128 e. The molecular formula is C13H11Br2FN2. The van der Waals surface area contributed by atoms with Crippen LogP contribution in [-0.4, -0.2) is 0 Å². The summed E-state index contributed by atoms with van der Waals surface area (Å²) in [5.74, 6) is -0.298. The molecule has 2 rings (SSSR count). The van der Waals surface area contributed by atoms with Gasteiger partial charge in [-0.15, -0.1) is 0 Å². The van der Waals surface area contributed by atoms with Crippen LogP contribution in [0.5, 0.6) is 0 Å². The average molecular weight is 374 g/mol. The molecule has 2 aromatic carbocycles. The summed E-state index contributed by atoms with van der Waals surface area (Å²) in [6, 6.07) is 8.77. The summed E-state index contributed by atoms with van der Waals surface area (Å²) in [5, 5.41) is 3.18. The van der Waals surface area contributed by atoms with Crippen LogP contribution >= 0.6 is 31.9 Å². The third-order valence-electron chi connectivity index (χ3n) is 2.53. The van der Waals surface area contributed by atoms with E-state index in [-0.39, 0.29) is 5.82 Å². The highest BCUT2D eigenvalue weighted by Gasteiger charge is 2.07. The number of hydrogen-bond donors (Lipinski definition) is 2. The van der Waals surface area contributed by atoms with E-state index in [0.29, 0.717) is 16.9 Å². The molecule has 5 heteroatoms. The molecule has 0 aliphatic heterocycles. The van der Waals surface area contributed by atoms with Crippen LogP contribution in [0.4, 0.5) is 21.5 Å². The molecule has 0 aliphatic rings. The molecular weight excluding hydrogens is 363 g/mol. The van der Waals surface area contributed by atoms with Crippen LogP contribution in [0.2, 0.25) is 0 Å². The van der Waals surface area contributed by atoms with Crippen LogP contribution in [-0.2, 0) is 0 Å². The number of nitrogens with one attached hydrogen (secondary N) is 1. The lowest BCUT2D eigenvalue weighted by Crippen LogP contribution is -1.99. The van der Waals surface area contributed by atoms with Crippen LogP contribution in [0, 0.1) is 12.7 Å². The number of halogens is 3. The number of hydrogen-bond acceptors (Lipinski definition) is 2. The lowest BCUT2D eigenvalue weighted by atomic mass is 10.1. The standard InChI is InChI=1S/C13H11Br2FN2/c1-7-4-13(11(17)6-10(7)16)18-12-3-2-8(14)5-9(12)15/h2-6,18H,17H2,1H3. The highest BCUT2D eigenvalue weighted by atomic mass is 79.9. The molecule has 0 saturated heterocycles. The van der Waals surface area contributed by atoms with E-state index in [9.17, 15) is 4.39 Å². The van der Waals surface area contributed by atoms with E-state index in [4.69, 9.17) is 5.73 Å². The lowest BCUT2D eigenvalue weighted by Gasteiger charge is -2.12. The van der Waals surface area contributed by atoms with Crippen molar-refractivity contribution in [3.05, 3.63) is 50.7 Å². The van der Waals surface area contributed by atoms with Gasteiger partial charge in [0.1, 0.15) is 5.82 Å². The number of aryl methyl sites for hydroxylation is 1. The van der Waals surface area contributed by atoms with Crippen molar-refractivity contribution in [3.63, 3.8) is 0 Å². The average Bonchev–Trinajstić information content (AvgIpc) is 2.29. The number of anilines is 3. The molecule has 0 spiro atoms. The van der Waals surface area contributed by atoms with E-state index in [0.717, 1.165) is 14.6 Å². The second-order valence-corrected chi connectivity index (χ2v) is 5.71. The minimum Gasteiger partial charge on any atom is -0.397 e. The Morgan fingerprint density at radius 2 is 1.83 bits per heavy atom. The van der Waals surface area contributed by atoms with Crippen molar-refractivity contribution in [1.29, 1.82) is 0 Å². The van der Waals surface area contributed by atoms with Gasteiger partial charge in [-0.25, -0.2) is 4.39 Å². The van der Waals surface area contributed by atoms with Crippen LogP contribution in [0.1, 0.15) is 5.56 Å². The van der Waals surface area contributed by atoms with Gasteiger partial charge in [-0.3, -0.25) is 0 Å². The Kier molecular flexibility index (Phi) is 3.92. The quantitative estimate of drug-likeness (QED) is 0.728. The van der Waals surface area contributed by atoms with Crippen molar-refractivity contribution < 1.29 is 4.39 Å². The monoisotopic (exact) mass is 372 g/mol. The highest BCUT2D eigenvalue weighted by Crippen LogP contribution is 2.31. The maximum absolute atomic E-state index is 13.3. The summed E-state index contributed by atoms with van der Waals surface area (Å²) in [7, 11) is 0. The van der Waals surface area contributed by atoms with Gasteiger partial charge < -0.3 is 11.1 Å². The summed E-state index contributed by atoms with van der Waals surface area (Å²) in [5.41, 5.74) is 8.29. The number of nitrogen functional groups attached to an aromatic ring is 1. The number of benzene rings is 2. The van der Waals surface area contributed by atoms with Gasteiger partial charge in [0, 0.05) is 8.95 Å². The van der Waals surface area contributed by atoms with Crippen molar-refractivity contribution in [2.45, 2.75) is 6.92 Å². The van der Waals surface area contributed by atoms with Gasteiger partial charge >= 0.3 is 0 Å². The van der Waals surface area contributed by atoms with Gasteiger partial charge in [0.05, 0.1) is 17.1 Å². The fourth-order valence-electron chi connectivity index (χ4n) is 1.54. The maximum atomic E-state index is 13.3. The number of rotatable bonds is 2. The van der Waals surface area contributed by atoms with E-state index in [1.54, 1.807) is 13.0 Å². The molecule has 0 atom stereocenters. The number of nitrogens with two attached hydrogens (primary N) is 1. The Hall–Kier alpha value is -1.07. The molecule has 94 valence electrons. The molecule has 0 bridgehead atoms. The van der Waals surface area contributed by atoms with Crippen molar-refractivity contribution in [1.82, 2.24) is 0 Å². The van der Waals surface area contributed by atoms with E-state index < -0.39 is 0 Å². The second-order valence-electron chi connectivity index (χ2n) is 3.94. The van der Waals surface area contributed by atoms with Gasteiger partial charge in [-0.2, -0.15) is 0 Å². The Bertz CT molecular complexity index is 600. The van der Waals surface area contributed by atoms with Crippen LogP contribution in [0.15, 0.2) is 39.3 Å². The van der Waals surface area contributed by atoms with Crippen molar-refractivity contribution in [2.24, 2.45) is 0 Å². The molecule has 0 fully saturated rings. The predicted octanol–water partition coefficient (Wildman–Crippen LogP) is 4.98. The Morgan fingerprint density at radius 1 is 1.11 bits per heavy atom. The Labute approximate surface area is 122 Å². The molecule has 3 N–H and O–H groups in total. The third kappa shape index (κ3) is 2.84. The summed E-state index contributed by atoms with van der Waals surface area (Å²) in [6.45, 7) is 1.70. The molecule has 2 aromatic rings. The van der Waals surface area contributed by atoms with Gasteiger partial charge in [-0.05, 0) is 58.7 Å². The Morgan fingerprint density at radius 3 is 2.50 bits per heavy atom. The molecule has 0 aromatic heterocycles. The molecule has 0 amide bonds. The first kappa shape index (κ1) is 13.4. The zero-order valence-electron chi connectivity index (χ0n) is 9.60. The van der Waals surface area contributed by atoms with Gasteiger partial charge in [0.2, 0.25) is 0 Å².